The van der Waals surface area contributed by atoms with Gasteiger partial charge in [-0.1, -0.05) is 6.92 Å². The van der Waals surface area contributed by atoms with Crippen LogP contribution in [0.5, 0.6) is 0 Å². The largest absolute Gasteiger partial charge is 0.307 e. The number of nitrogens with zero attached hydrogens (tertiary/aromatic N) is 1. The lowest BCUT2D eigenvalue weighted by Crippen LogP contribution is -2.25. The molecule has 0 aliphatic heterocycles. The average Bonchev–Trinajstić information content (AvgIpc) is 2.60. The van der Waals surface area contributed by atoms with Gasteiger partial charge >= 0.3 is 0 Å². The summed E-state index contributed by atoms with van der Waals surface area (Å²) in [6.07, 6.45) is 3.99. The Kier molecular flexibility index (Phi) is 5.44. The maximum atomic E-state index is 4.32. The van der Waals surface area contributed by atoms with Crippen molar-refractivity contribution in [1.82, 2.24) is 10.3 Å². The predicted octanol–water partition coefficient (Wildman–Crippen LogP) is 3.31. The van der Waals surface area contributed by atoms with Gasteiger partial charge in [0.2, 0.25) is 0 Å². The second-order valence-electron chi connectivity index (χ2n) is 3.18. The van der Waals surface area contributed by atoms with Crippen molar-refractivity contribution in [3.05, 3.63) is 15.0 Å². The van der Waals surface area contributed by atoms with Gasteiger partial charge in [0.05, 0.1) is 16.0 Å². The molecule has 1 aromatic rings. The Labute approximate surface area is 102 Å². The molecule has 1 aromatic heterocycles. The van der Waals surface area contributed by atoms with Gasteiger partial charge in [-0.25, -0.2) is 4.98 Å². The molecule has 0 fully saturated rings. The molecular formula is C9H15BrN2S2. The molecule has 2 atom stereocenters. The molecular weight excluding hydrogens is 280 g/mol. The van der Waals surface area contributed by atoms with Gasteiger partial charge in [-0.3, -0.25) is 0 Å². The summed E-state index contributed by atoms with van der Waals surface area (Å²) >= 11 is 6.99. The van der Waals surface area contributed by atoms with Gasteiger partial charge in [-0.2, -0.15) is 11.8 Å². The van der Waals surface area contributed by atoms with E-state index in [4.69, 9.17) is 0 Å². The van der Waals surface area contributed by atoms with Crippen LogP contribution in [-0.2, 0) is 0 Å². The minimum atomic E-state index is 0.348. The topological polar surface area (TPSA) is 24.9 Å². The Morgan fingerprint density at radius 1 is 1.64 bits per heavy atom. The Morgan fingerprint density at radius 2 is 2.36 bits per heavy atom. The Morgan fingerprint density at radius 3 is 2.86 bits per heavy atom. The summed E-state index contributed by atoms with van der Waals surface area (Å²) in [5.41, 5.74) is 0. The van der Waals surface area contributed by atoms with E-state index in [1.165, 1.54) is 0 Å². The molecule has 0 spiro atoms. The van der Waals surface area contributed by atoms with Crippen molar-refractivity contribution in [1.29, 1.82) is 0 Å². The zero-order valence-corrected chi connectivity index (χ0v) is 11.8. The molecule has 2 nitrogen and oxygen atoms in total. The molecule has 0 aliphatic carbocycles. The summed E-state index contributed by atoms with van der Waals surface area (Å²) in [7, 11) is 0. The number of hydrogen-bond acceptors (Lipinski definition) is 4. The van der Waals surface area contributed by atoms with Crippen molar-refractivity contribution in [2.75, 3.05) is 12.8 Å². The van der Waals surface area contributed by atoms with E-state index in [9.17, 15) is 0 Å². The van der Waals surface area contributed by atoms with Crippen LogP contribution in [0.2, 0.25) is 0 Å². The quantitative estimate of drug-likeness (QED) is 0.902. The lowest BCUT2D eigenvalue weighted by atomic mass is 10.3. The molecule has 0 radical (unpaired) electrons. The maximum absolute atomic E-state index is 4.32. The van der Waals surface area contributed by atoms with Gasteiger partial charge in [0, 0.05) is 11.8 Å². The van der Waals surface area contributed by atoms with E-state index in [0.717, 1.165) is 15.3 Å². The van der Waals surface area contributed by atoms with Crippen molar-refractivity contribution in [3.8, 4) is 0 Å². The Bertz CT molecular complexity index is 278. The molecule has 0 saturated carbocycles. The summed E-state index contributed by atoms with van der Waals surface area (Å²) in [5, 5.41) is 5.27. The highest BCUT2D eigenvalue weighted by Crippen LogP contribution is 2.24. The fourth-order valence-electron chi connectivity index (χ4n) is 0.981. The van der Waals surface area contributed by atoms with Crippen LogP contribution in [0.15, 0.2) is 9.98 Å². The van der Waals surface area contributed by atoms with Crippen molar-refractivity contribution >= 4 is 39.0 Å². The van der Waals surface area contributed by atoms with Gasteiger partial charge in [-0.05, 0) is 29.1 Å². The van der Waals surface area contributed by atoms with Crippen LogP contribution in [0.4, 0.5) is 0 Å². The van der Waals surface area contributed by atoms with Crippen molar-refractivity contribution in [2.45, 2.75) is 25.1 Å². The van der Waals surface area contributed by atoms with Crippen molar-refractivity contribution in [3.63, 3.8) is 0 Å². The average molecular weight is 295 g/mol. The zero-order valence-electron chi connectivity index (χ0n) is 8.58. The van der Waals surface area contributed by atoms with Gasteiger partial charge in [-0.15, -0.1) is 11.3 Å². The van der Waals surface area contributed by atoms with Crippen LogP contribution in [0, 0.1) is 0 Å². The number of halogens is 1. The van der Waals surface area contributed by atoms with E-state index in [-0.39, 0.29) is 0 Å². The molecule has 0 aliphatic rings. The normalized spacial score (nSPS) is 15.4. The van der Waals surface area contributed by atoms with E-state index < -0.39 is 0 Å². The highest BCUT2D eigenvalue weighted by Gasteiger charge is 2.10. The van der Waals surface area contributed by atoms with E-state index in [0.29, 0.717) is 11.3 Å². The summed E-state index contributed by atoms with van der Waals surface area (Å²) in [6.45, 7) is 5.40. The number of thiazole rings is 1. The fraction of sp³-hybridized carbons (Fsp3) is 0.667. The smallest absolute Gasteiger partial charge is 0.110 e. The highest BCUT2D eigenvalue weighted by molar-refractivity contribution is 9.11. The number of nitrogens with one attached hydrogen (secondary N) is 1. The van der Waals surface area contributed by atoms with Gasteiger partial charge in [0.1, 0.15) is 5.01 Å². The molecule has 0 bridgehead atoms. The first-order valence-corrected chi connectivity index (χ1v) is 7.40. The van der Waals surface area contributed by atoms with E-state index >= 15 is 0 Å². The van der Waals surface area contributed by atoms with Crippen LogP contribution in [-0.4, -0.2) is 23.0 Å². The molecule has 0 aromatic carbocycles. The van der Waals surface area contributed by atoms with Crippen molar-refractivity contribution in [2.24, 2.45) is 0 Å². The molecule has 80 valence electrons. The van der Waals surface area contributed by atoms with Crippen LogP contribution in [0.25, 0.3) is 0 Å². The summed E-state index contributed by atoms with van der Waals surface area (Å²) < 4.78 is 1.10. The van der Waals surface area contributed by atoms with Crippen LogP contribution in [0.1, 0.15) is 24.9 Å². The SMILES string of the molecule is CSC(C)CNC(C)c1ncc(Br)s1. The van der Waals surface area contributed by atoms with Gasteiger partial charge in [0.15, 0.2) is 0 Å². The standard InChI is InChI=1S/C9H15BrN2S2/c1-6(13-3)4-11-7(2)9-12-5-8(10)14-9/h5-7,11H,4H2,1-3H3. The predicted molar refractivity (Wildman–Crippen MR) is 69.2 cm³/mol. The van der Waals surface area contributed by atoms with Crippen LogP contribution >= 0.6 is 39.0 Å². The number of thioether (sulfide) groups is 1. The third-order valence-electron chi connectivity index (χ3n) is 1.98. The fourth-order valence-corrected chi connectivity index (χ4v) is 2.51. The minimum Gasteiger partial charge on any atom is -0.307 e. The lowest BCUT2D eigenvalue weighted by molar-refractivity contribution is 0.573. The molecule has 0 saturated heterocycles. The zero-order chi connectivity index (χ0) is 10.6. The minimum absolute atomic E-state index is 0.348. The molecule has 5 heteroatoms. The van der Waals surface area contributed by atoms with E-state index in [1.54, 1.807) is 11.3 Å². The molecule has 14 heavy (non-hydrogen) atoms. The second-order valence-corrected chi connectivity index (χ2v) is 6.90. The summed E-state index contributed by atoms with van der Waals surface area (Å²) in [4.78, 5) is 4.32. The Hall–Kier alpha value is 0.420. The summed E-state index contributed by atoms with van der Waals surface area (Å²) in [5.74, 6) is 0. The molecule has 2 unspecified atom stereocenters. The first kappa shape index (κ1) is 12.5. The van der Waals surface area contributed by atoms with Crippen LogP contribution in [0.3, 0.4) is 0 Å². The monoisotopic (exact) mass is 294 g/mol. The highest BCUT2D eigenvalue weighted by atomic mass is 79.9. The number of hydrogen-bond donors (Lipinski definition) is 1. The first-order valence-electron chi connectivity index (χ1n) is 4.51. The van der Waals surface area contributed by atoms with Gasteiger partial charge in [0.25, 0.3) is 0 Å². The molecule has 0 amide bonds. The molecule has 1 N–H and O–H groups in total. The third-order valence-corrected chi connectivity index (χ3v) is 4.61. The maximum Gasteiger partial charge on any atom is 0.110 e. The Balaban J connectivity index is 2.39. The lowest BCUT2D eigenvalue weighted by Gasteiger charge is -2.14. The van der Waals surface area contributed by atoms with E-state index in [1.807, 2.05) is 18.0 Å². The third kappa shape index (κ3) is 3.88. The van der Waals surface area contributed by atoms with E-state index in [2.05, 4.69) is 46.3 Å². The number of aromatic nitrogens is 1. The molecule has 1 heterocycles. The summed E-state index contributed by atoms with van der Waals surface area (Å²) in [6, 6.07) is 0.348. The van der Waals surface area contributed by atoms with Crippen molar-refractivity contribution < 1.29 is 0 Å². The van der Waals surface area contributed by atoms with Crippen LogP contribution < -0.4 is 5.32 Å². The van der Waals surface area contributed by atoms with Gasteiger partial charge < -0.3 is 5.32 Å². The number of rotatable bonds is 5. The molecule has 1 rings (SSSR count). The first-order chi connectivity index (χ1) is 6.63. The second kappa shape index (κ2) is 6.10.